The van der Waals surface area contributed by atoms with Crippen molar-refractivity contribution in [2.75, 3.05) is 13.6 Å². The van der Waals surface area contributed by atoms with Crippen LogP contribution in [0.2, 0.25) is 0 Å². The summed E-state index contributed by atoms with van der Waals surface area (Å²) >= 11 is 0. The Hall–Kier alpha value is -1.39. The zero-order valence-corrected chi connectivity index (χ0v) is 10.1. The third-order valence-corrected chi connectivity index (χ3v) is 3.19. The smallest absolute Gasteiger partial charge is 0.239 e. The zero-order valence-electron chi connectivity index (χ0n) is 10.1. The molecule has 3 N–H and O–H groups in total. The molecule has 1 heterocycles. The summed E-state index contributed by atoms with van der Waals surface area (Å²) in [6.45, 7) is 0.950. The Labute approximate surface area is 102 Å². The third-order valence-electron chi connectivity index (χ3n) is 3.19. The average Bonchev–Trinajstić information content (AvgIpc) is 2.73. The second-order valence-corrected chi connectivity index (χ2v) is 4.37. The van der Waals surface area contributed by atoms with Gasteiger partial charge in [-0.2, -0.15) is 0 Å². The van der Waals surface area contributed by atoms with Gasteiger partial charge in [0.2, 0.25) is 5.91 Å². The van der Waals surface area contributed by atoms with Gasteiger partial charge in [-0.3, -0.25) is 10.2 Å². The van der Waals surface area contributed by atoms with Gasteiger partial charge in [0.25, 0.3) is 0 Å². The van der Waals surface area contributed by atoms with E-state index in [9.17, 15) is 4.79 Å². The number of nitrogens with one attached hydrogen (secondary N) is 3. The fraction of sp³-hybridized carbons (Fsp3) is 0.462. The molecule has 2 unspecified atom stereocenters. The lowest BCUT2D eigenvalue weighted by Crippen LogP contribution is -2.27. The van der Waals surface area contributed by atoms with E-state index in [-0.39, 0.29) is 17.9 Å². The molecule has 92 valence electrons. The van der Waals surface area contributed by atoms with Gasteiger partial charge in [0, 0.05) is 0 Å². The maximum absolute atomic E-state index is 11.8. The van der Waals surface area contributed by atoms with Crippen LogP contribution in [0.1, 0.15) is 24.4 Å². The van der Waals surface area contributed by atoms with Crippen molar-refractivity contribution in [3.8, 4) is 0 Å². The van der Waals surface area contributed by atoms with Crippen LogP contribution < -0.4 is 16.2 Å². The molecular formula is C13H19N3O. The van der Waals surface area contributed by atoms with Crippen molar-refractivity contribution in [2.45, 2.75) is 18.9 Å². The van der Waals surface area contributed by atoms with Gasteiger partial charge in [-0.25, -0.2) is 5.43 Å². The normalized spacial score (nSPS) is 23.7. The lowest BCUT2D eigenvalue weighted by Gasteiger charge is -2.16. The summed E-state index contributed by atoms with van der Waals surface area (Å²) in [5, 5.41) is 3.11. The van der Waals surface area contributed by atoms with Gasteiger partial charge in [-0.15, -0.1) is 0 Å². The predicted molar refractivity (Wildman–Crippen MR) is 67.1 cm³/mol. The van der Waals surface area contributed by atoms with Crippen molar-refractivity contribution in [3.05, 3.63) is 35.9 Å². The van der Waals surface area contributed by atoms with E-state index < -0.39 is 0 Å². The fourth-order valence-corrected chi connectivity index (χ4v) is 2.27. The monoisotopic (exact) mass is 233 g/mol. The number of amides is 1. The SMILES string of the molecule is CNCCCC1C(=O)NNC1c1ccccc1. The van der Waals surface area contributed by atoms with E-state index in [2.05, 4.69) is 28.3 Å². The van der Waals surface area contributed by atoms with Gasteiger partial charge in [0.15, 0.2) is 0 Å². The molecule has 1 aliphatic heterocycles. The van der Waals surface area contributed by atoms with E-state index in [1.54, 1.807) is 0 Å². The predicted octanol–water partition coefficient (Wildman–Crippen LogP) is 0.978. The summed E-state index contributed by atoms with van der Waals surface area (Å²) in [5.41, 5.74) is 6.98. The van der Waals surface area contributed by atoms with Crippen LogP contribution >= 0.6 is 0 Å². The van der Waals surface area contributed by atoms with Gasteiger partial charge >= 0.3 is 0 Å². The van der Waals surface area contributed by atoms with E-state index in [1.807, 2.05) is 25.2 Å². The number of benzene rings is 1. The Bertz CT molecular complexity index is 366. The number of hydrogen-bond acceptors (Lipinski definition) is 3. The van der Waals surface area contributed by atoms with E-state index >= 15 is 0 Å². The topological polar surface area (TPSA) is 53.2 Å². The number of carbonyl (C=O) groups excluding carboxylic acids is 1. The Kier molecular flexibility index (Phi) is 4.12. The molecule has 2 rings (SSSR count). The van der Waals surface area contributed by atoms with E-state index in [4.69, 9.17) is 0 Å². The maximum atomic E-state index is 11.8. The molecule has 0 saturated carbocycles. The quantitative estimate of drug-likeness (QED) is 0.664. The summed E-state index contributed by atoms with van der Waals surface area (Å²) in [6, 6.07) is 10.2. The second-order valence-electron chi connectivity index (χ2n) is 4.37. The summed E-state index contributed by atoms with van der Waals surface area (Å²) in [6.07, 6.45) is 1.92. The average molecular weight is 233 g/mol. The minimum atomic E-state index is 0.0331. The molecule has 1 aliphatic rings. The number of rotatable bonds is 5. The molecule has 4 heteroatoms. The largest absolute Gasteiger partial charge is 0.320 e. The van der Waals surface area contributed by atoms with E-state index in [0.29, 0.717) is 0 Å². The van der Waals surface area contributed by atoms with Crippen molar-refractivity contribution in [1.82, 2.24) is 16.2 Å². The molecule has 4 nitrogen and oxygen atoms in total. The van der Waals surface area contributed by atoms with Crippen LogP contribution in [0.3, 0.4) is 0 Å². The molecular weight excluding hydrogens is 214 g/mol. The lowest BCUT2D eigenvalue weighted by atomic mass is 9.90. The van der Waals surface area contributed by atoms with Gasteiger partial charge in [-0.1, -0.05) is 30.3 Å². The standard InChI is InChI=1S/C13H19N3O/c1-14-9-5-8-11-12(15-16-13(11)17)10-6-3-2-4-7-10/h2-4,6-7,11-12,14-15H,5,8-9H2,1H3,(H,16,17). The van der Waals surface area contributed by atoms with Crippen LogP contribution in [-0.4, -0.2) is 19.5 Å². The molecule has 1 saturated heterocycles. The highest BCUT2D eigenvalue weighted by molar-refractivity contribution is 5.81. The molecule has 2 atom stereocenters. The highest BCUT2D eigenvalue weighted by Gasteiger charge is 2.34. The van der Waals surface area contributed by atoms with Gasteiger partial charge in [0.05, 0.1) is 12.0 Å². The summed E-state index contributed by atoms with van der Waals surface area (Å²) < 4.78 is 0. The van der Waals surface area contributed by atoms with Crippen molar-refractivity contribution < 1.29 is 4.79 Å². The first-order valence-electron chi connectivity index (χ1n) is 6.08. The van der Waals surface area contributed by atoms with Crippen LogP contribution in [0.4, 0.5) is 0 Å². The maximum Gasteiger partial charge on any atom is 0.239 e. The van der Waals surface area contributed by atoms with Crippen molar-refractivity contribution >= 4 is 5.91 Å². The highest BCUT2D eigenvalue weighted by atomic mass is 16.2. The van der Waals surface area contributed by atoms with Crippen LogP contribution in [-0.2, 0) is 4.79 Å². The first-order chi connectivity index (χ1) is 8.33. The molecule has 1 amide bonds. The lowest BCUT2D eigenvalue weighted by molar-refractivity contribution is -0.123. The number of carbonyl (C=O) groups is 1. The molecule has 1 fully saturated rings. The third kappa shape index (κ3) is 2.84. The molecule has 0 radical (unpaired) electrons. The van der Waals surface area contributed by atoms with E-state index in [1.165, 1.54) is 5.56 Å². The molecule has 0 aromatic heterocycles. The number of hydrogen-bond donors (Lipinski definition) is 3. The number of hydrazine groups is 1. The Balaban J connectivity index is 2.03. The van der Waals surface area contributed by atoms with E-state index in [0.717, 1.165) is 19.4 Å². The van der Waals surface area contributed by atoms with Crippen LogP contribution in [0.15, 0.2) is 30.3 Å². The Morgan fingerprint density at radius 2 is 2.06 bits per heavy atom. The van der Waals surface area contributed by atoms with Crippen LogP contribution in [0, 0.1) is 5.92 Å². The van der Waals surface area contributed by atoms with Crippen LogP contribution in [0.25, 0.3) is 0 Å². The molecule has 0 spiro atoms. The first-order valence-corrected chi connectivity index (χ1v) is 6.08. The summed E-state index contributed by atoms with van der Waals surface area (Å²) in [4.78, 5) is 11.8. The molecule has 0 bridgehead atoms. The van der Waals surface area contributed by atoms with Gasteiger partial charge in [0.1, 0.15) is 0 Å². The van der Waals surface area contributed by atoms with Crippen LogP contribution in [0.5, 0.6) is 0 Å². The molecule has 1 aromatic carbocycles. The Morgan fingerprint density at radius 1 is 1.29 bits per heavy atom. The van der Waals surface area contributed by atoms with Crippen molar-refractivity contribution in [1.29, 1.82) is 0 Å². The second kappa shape index (κ2) is 5.80. The zero-order chi connectivity index (χ0) is 12.1. The Morgan fingerprint density at radius 3 is 2.76 bits per heavy atom. The van der Waals surface area contributed by atoms with Crippen molar-refractivity contribution in [2.24, 2.45) is 5.92 Å². The summed E-state index contributed by atoms with van der Waals surface area (Å²) in [7, 11) is 1.93. The molecule has 1 aromatic rings. The molecule has 0 aliphatic carbocycles. The summed E-state index contributed by atoms with van der Waals surface area (Å²) in [5.74, 6) is 0.140. The van der Waals surface area contributed by atoms with Gasteiger partial charge in [-0.05, 0) is 32.0 Å². The minimum absolute atomic E-state index is 0.0331. The first kappa shape index (κ1) is 12.1. The fourth-order valence-electron chi connectivity index (χ4n) is 2.27. The van der Waals surface area contributed by atoms with Crippen molar-refractivity contribution in [3.63, 3.8) is 0 Å². The molecule has 17 heavy (non-hydrogen) atoms. The van der Waals surface area contributed by atoms with Gasteiger partial charge < -0.3 is 5.32 Å². The highest BCUT2D eigenvalue weighted by Crippen LogP contribution is 2.28. The minimum Gasteiger partial charge on any atom is -0.320 e.